The second-order valence-corrected chi connectivity index (χ2v) is 21.2. The van der Waals surface area contributed by atoms with Gasteiger partial charge >= 0.3 is 11.8 Å². The number of nitrogen functional groups attached to an aromatic ring is 2. The fraction of sp³-hybridized carbons (Fsp3) is 0.510. The van der Waals surface area contributed by atoms with Gasteiger partial charge in [-0.05, 0) is 73.9 Å². The summed E-state index contributed by atoms with van der Waals surface area (Å²) in [5.41, 5.74) is 22.2. The molecule has 0 radical (unpaired) electrons. The molecule has 0 spiro atoms. The Bertz CT molecular complexity index is 3010. The lowest BCUT2D eigenvalue weighted by atomic mass is 10.0. The molecule has 5 aromatic rings. The molecule has 404 valence electrons. The Kier molecular flexibility index (Phi) is 19.0. The number of aryl methyl sites for hydroxylation is 1. The van der Waals surface area contributed by atoms with Crippen LogP contribution in [0.25, 0.3) is 21.6 Å². The number of alkyl carbamates (subject to hydrolysis) is 1. The molecule has 4 aliphatic rings. The standard InChI is InChI=1S/C25H35N3O6S.C14H18N6O.C10H13N5O4/c1-18(2)15-28(35(31,32)22-10-8-20(26)9-11-22)16-24(29)23(14-19-6-4-3-5-7-19)27-25(30)34-21-12-13-33-17-21;15-14-18-12(17-9-2-3-9)11-13(19-14)20(7-16-11)10-4-1-8(5-10)6-21;1-5-3-15(10(18)12-9(5)17)8-2-6(13-14-11)7(4-16)19-8/h3-11,18,21,23-24,29H,12-17,26H2,1-2H3,(H,27,30);1,4,7-10,21H,2-3,5-6H2,(H3,15,17,18,19);3,6-8,16H,2,4H2,1H3,(H,12,17,18)/t21-,23-,24+;8-,10+;6-,7+,8+/m010/s1. The Morgan fingerprint density at radius 1 is 1.03 bits per heavy atom. The summed E-state index contributed by atoms with van der Waals surface area (Å²) in [5, 5.41) is 39.2. The number of rotatable bonds is 18. The Hall–Kier alpha value is -6.90. The number of fused-ring (bicyclic) bond motifs is 1. The zero-order valence-corrected chi connectivity index (χ0v) is 42.8. The second kappa shape index (κ2) is 25.6. The lowest BCUT2D eigenvalue weighted by Gasteiger charge is -2.30. The summed E-state index contributed by atoms with van der Waals surface area (Å²) < 4.78 is 47.4. The molecule has 1 saturated carbocycles. The molecule has 3 aromatic heterocycles. The minimum atomic E-state index is -3.90. The number of allylic oxidation sites excluding steroid dienone is 1. The maximum absolute atomic E-state index is 13.4. The van der Waals surface area contributed by atoms with Crippen molar-refractivity contribution in [3.05, 3.63) is 122 Å². The number of sulfonamides is 1. The van der Waals surface area contributed by atoms with Crippen molar-refractivity contribution in [3.63, 3.8) is 0 Å². The molecule has 8 atom stereocenters. The number of ether oxygens (including phenoxy) is 3. The number of amides is 1. The predicted molar refractivity (Wildman–Crippen MR) is 278 cm³/mol. The number of hydrogen-bond acceptors (Lipinski definition) is 18. The van der Waals surface area contributed by atoms with E-state index in [9.17, 15) is 33.0 Å². The minimum absolute atomic E-state index is 0.0126. The molecular weight excluding hydrogens is 993 g/mol. The number of H-pyrrole nitrogens is 1. The molecule has 2 aliphatic heterocycles. The van der Waals surface area contributed by atoms with Crippen LogP contribution in [0.4, 0.5) is 22.2 Å². The van der Waals surface area contributed by atoms with Crippen LogP contribution >= 0.6 is 0 Å². The number of aromatic nitrogens is 6. The van der Waals surface area contributed by atoms with E-state index in [4.69, 9.17) is 36.3 Å². The van der Waals surface area contributed by atoms with Crippen molar-refractivity contribution >= 4 is 44.7 Å². The van der Waals surface area contributed by atoms with Crippen LogP contribution < -0.4 is 33.3 Å². The van der Waals surface area contributed by atoms with Crippen LogP contribution in [-0.2, 0) is 30.7 Å². The van der Waals surface area contributed by atoms with E-state index in [1.165, 1.54) is 39.3 Å². The molecule has 0 unspecified atom stereocenters. The number of nitrogens with one attached hydrogen (secondary N) is 3. The summed E-state index contributed by atoms with van der Waals surface area (Å²) in [6.07, 6.45) is 8.15. The second-order valence-electron chi connectivity index (χ2n) is 19.3. The molecule has 2 saturated heterocycles. The number of carbonyl (C=O) groups excluding carboxylic acids is 1. The summed E-state index contributed by atoms with van der Waals surface area (Å²) in [7, 11) is -3.90. The van der Waals surface area contributed by atoms with Crippen LogP contribution in [0.15, 0.2) is 98.9 Å². The quantitative estimate of drug-likeness (QED) is 0.0205. The molecule has 9 rings (SSSR count). The van der Waals surface area contributed by atoms with Gasteiger partial charge in [0.05, 0.1) is 61.4 Å². The number of azide groups is 1. The van der Waals surface area contributed by atoms with Gasteiger partial charge in [-0.3, -0.25) is 14.3 Å². The van der Waals surface area contributed by atoms with Crippen LogP contribution in [0.1, 0.15) is 69.3 Å². The van der Waals surface area contributed by atoms with Crippen molar-refractivity contribution in [2.45, 2.75) is 113 Å². The van der Waals surface area contributed by atoms with Gasteiger partial charge < -0.3 is 56.2 Å². The van der Waals surface area contributed by atoms with Gasteiger partial charge in [-0.1, -0.05) is 61.4 Å². The first-order chi connectivity index (χ1) is 35.9. The zero-order valence-electron chi connectivity index (χ0n) is 42.0. The highest BCUT2D eigenvalue weighted by atomic mass is 32.2. The Labute approximate surface area is 432 Å². The van der Waals surface area contributed by atoms with E-state index in [1.54, 1.807) is 13.3 Å². The van der Waals surface area contributed by atoms with Crippen molar-refractivity contribution in [2.75, 3.05) is 56.3 Å². The number of nitrogens with zero attached hydrogens (tertiary/aromatic N) is 9. The van der Waals surface area contributed by atoms with Gasteiger partial charge in [0, 0.05) is 66.9 Å². The third kappa shape index (κ3) is 14.9. The summed E-state index contributed by atoms with van der Waals surface area (Å²) >= 11 is 0. The Balaban J connectivity index is 0.000000175. The lowest BCUT2D eigenvalue weighted by Crippen LogP contribution is -2.51. The Morgan fingerprint density at radius 2 is 1.77 bits per heavy atom. The van der Waals surface area contributed by atoms with Crippen molar-refractivity contribution in [2.24, 2.45) is 17.0 Å². The van der Waals surface area contributed by atoms with Crippen molar-refractivity contribution < 1.29 is 42.7 Å². The number of aromatic amines is 1. The molecule has 1 amide bonds. The number of benzene rings is 2. The van der Waals surface area contributed by atoms with Crippen molar-refractivity contribution in [3.8, 4) is 0 Å². The monoisotopic (exact) mass is 1060 g/mol. The number of anilines is 3. The molecule has 26 heteroatoms. The van der Waals surface area contributed by atoms with E-state index in [0.29, 0.717) is 43.3 Å². The largest absolute Gasteiger partial charge is 0.444 e. The lowest BCUT2D eigenvalue weighted by molar-refractivity contribution is -0.0271. The normalized spacial score (nSPS) is 21.9. The maximum atomic E-state index is 13.4. The molecule has 2 aromatic carbocycles. The summed E-state index contributed by atoms with van der Waals surface area (Å²) in [6, 6.07) is 14.7. The molecule has 0 bridgehead atoms. The van der Waals surface area contributed by atoms with Crippen LogP contribution in [0.2, 0.25) is 0 Å². The smallest absolute Gasteiger partial charge is 0.407 e. The maximum Gasteiger partial charge on any atom is 0.407 e. The van der Waals surface area contributed by atoms with Gasteiger partial charge in [-0.25, -0.2) is 23.0 Å². The molecular formula is C49H66N14O11S. The topological polar surface area (TPSA) is 366 Å². The number of aliphatic hydroxyl groups excluding tert-OH is 3. The van der Waals surface area contributed by atoms with Crippen LogP contribution in [0.3, 0.4) is 0 Å². The third-order valence-corrected chi connectivity index (χ3v) is 14.7. The number of nitrogens with two attached hydrogens (primary N) is 2. The average Bonchev–Trinajstić information content (AvgIpc) is 3.79. The summed E-state index contributed by atoms with van der Waals surface area (Å²) in [4.78, 5) is 53.6. The van der Waals surface area contributed by atoms with Gasteiger partial charge in [0.15, 0.2) is 17.0 Å². The number of aliphatic hydroxyl groups is 3. The predicted octanol–water partition coefficient (Wildman–Crippen LogP) is 3.30. The number of hydrogen-bond donors (Lipinski definition) is 8. The molecule has 75 heavy (non-hydrogen) atoms. The first kappa shape index (κ1) is 55.8. The third-order valence-electron chi connectivity index (χ3n) is 12.8. The summed E-state index contributed by atoms with van der Waals surface area (Å²) in [6.45, 7) is 6.10. The van der Waals surface area contributed by atoms with Gasteiger partial charge in [0.2, 0.25) is 16.0 Å². The van der Waals surface area contributed by atoms with E-state index in [1.807, 2.05) is 54.8 Å². The van der Waals surface area contributed by atoms with Crippen LogP contribution in [0, 0.1) is 18.8 Å². The first-order valence-corrected chi connectivity index (χ1v) is 26.2. The average molecular weight is 1060 g/mol. The van der Waals surface area contributed by atoms with E-state index in [2.05, 4.69) is 46.7 Å². The Morgan fingerprint density at radius 3 is 2.41 bits per heavy atom. The fourth-order valence-corrected chi connectivity index (χ4v) is 10.3. The number of carbonyl (C=O) groups is 1. The van der Waals surface area contributed by atoms with Crippen LogP contribution in [-0.4, -0.2) is 139 Å². The fourth-order valence-electron chi connectivity index (χ4n) is 8.73. The minimum Gasteiger partial charge on any atom is -0.444 e. The van der Waals surface area contributed by atoms with Gasteiger partial charge in [-0.2, -0.15) is 14.3 Å². The van der Waals surface area contributed by atoms with Gasteiger partial charge in [0.1, 0.15) is 12.3 Å². The van der Waals surface area contributed by atoms with E-state index in [0.717, 1.165) is 41.8 Å². The SMILES string of the molecule is CC(C)CN(C[C@@H](O)[C@H](Cc1ccccc1)NC(=O)O[C@H]1CCOC1)S(=O)(=O)c1ccc(N)cc1.Cc1cn([C@H]2C[C@H](N=[N+]=[N-])[C@@H](CO)O2)c(=O)[nH]c1=O.Nc1nc(NC2CC2)c2ncn([C@H]3C=C[C@@H](CO)C3)c2n1. The van der Waals surface area contributed by atoms with Gasteiger partial charge in [-0.15, -0.1) is 0 Å². The van der Waals surface area contributed by atoms with E-state index < -0.39 is 57.9 Å². The molecule has 5 heterocycles. The van der Waals surface area contributed by atoms with Crippen LogP contribution in [0.5, 0.6) is 0 Å². The van der Waals surface area contributed by atoms with Crippen molar-refractivity contribution in [1.82, 2.24) is 38.7 Å². The van der Waals surface area contributed by atoms with E-state index >= 15 is 0 Å². The molecule has 2 aliphatic carbocycles. The summed E-state index contributed by atoms with van der Waals surface area (Å²) in [5.74, 6) is 1.20. The van der Waals surface area contributed by atoms with Gasteiger partial charge in [0.25, 0.3) is 5.56 Å². The first-order valence-electron chi connectivity index (χ1n) is 24.8. The number of imidazole rings is 1. The highest BCUT2D eigenvalue weighted by molar-refractivity contribution is 7.89. The zero-order chi connectivity index (χ0) is 53.8. The van der Waals surface area contributed by atoms with Crippen molar-refractivity contribution in [1.29, 1.82) is 0 Å². The highest BCUT2D eigenvalue weighted by Gasteiger charge is 2.36. The molecule has 10 N–H and O–H groups in total. The highest BCUT2D eigenvalue weighted by Crippen LogP contribution is 2.33. The molecule has 25 nitrogen and oxygen atoms in total. The van der Waals surface area contributed by atoms with E-state index in [-0.39, 0.29) is 67.5 Å². The molecule has 3 fully saturated rings.